The first kappa shape index (κ1) is 16.5. The molecule has 1 aromatic carbocycles. The molecule has 1 saturated carbocycles. The van der Waals surface area contributed by atoms with Crippen molar-refractivity contribution in [2.45, 2.75) is 57.0 Å². The molecule has 4 nitrogen and oxygen atoms in total. The van der Waals surface area contributed by atoms with E-state index < -0.39 is 10.0 Å². The van der Waals surface area contributed by atoms with Crippen molar-refractivity contribution in [3.8, 4) is 0 Å². The maximum Gasteiger partial charge on any atom is 0.243 e. The Morgan fingerprint density at radius 1 is 1.14 bits per heavy atom. The van der Waals surface area contributed by atoms with E-state index in [1.165, 1.54) is 0 Å². The summed E-state index contributed by atoms with van der Waals surface area (Å²) in [6.07, 6.45) is 3.95. The first-order valence-electron chi connectivity index (χ1n) is 7.91. The lowest BCUT2D eigenvalue weighted by atomic mass is 10.2. The monoisotopic (exact) mass is 310 g/mol. The Labute approximate surface area is 128 Å². The molecule has 0 saturated heterocycles. The zero-order valence-corrected chi connectivity index (χ0v) is 13.8. The lowest BCUT2D eigenvalue weighted by molar-refractivity contribution is 0.403. The summed E-state index contributed by atoms with van der Waals surface area (Å²) in [4.78, 5) is 0.419. The first-order chi connectivity index (χ1) is 10.1. The van der Waals surface area contributed by atoms with Gasteiger partial charge in [-0.25, -0.2) is 8.42 Å². The molecule has 1 aliphatic rings. The first-order valence-corrected chi connectivity index (χ1v) is 9.35. The topological polar surface area (TPSA) is 49.4 Å². The van der Waals surface area contributed by atoms with Crippen molar-refractivity contribution in [2.24, 2.45) is 0 Å². The summed E-state index contributed by atoms with van der Waals surface area (Å²) in [6, 6.07) is 7.52. The molecule has 0 aromatic heterocycles. The number of nitrogens with one attached hydrogen (secondary N) is 1. The highest BCUT2D eigenvalue weighted by Gasteiger charge is 2.37. The average molecular weight is 310 g/mol. The predicted octanol–water partition coefficient (Wildman–Crippen LogP) is 2.75. The van der Waals surface area contributed by atoms with Gasteiger partial charge in [-0.05, 0) is 49.9 Å². The molecule has 1 N–H and O–H groups in total. The van der Waals surface area contributed by atoms with Gasteiger partial charge >= 0.3 is 0 Å². The summed E-state index contributed by atoms with van der Waals surface area (Å²) in [7, 11) is -3.33. The van der Waals surface area contributed by atoms with E-state index in [1.807, 2.05) is 19.1 Å². The van der Waals surface area contributed by atoms with Crippen molar-refractivity contribution < 1.29 is 8.42 Å². The maximum atomic E-state index is 12.7. The summed E-state index contributed by atoms with van der Waals surface area (Å²) < 4.78 is 27.0. The van der Waals surface area contributed by atoms with Crippen LogP contribution in [0.1, 0.15) is 45.1 Å². The van der Waals surface area contributed by atoms with Crippen molar-refractivity contribution in [3.63, 3.8) is 0 Å². The van der Waals surface area contributed by atoms with E-state index in [4.69, 9.17) is 0 Å². The minimum absolute atomic E-state index is 0.223. The second kappa shape index (κ2) is 7.38. The van der Waals surface area contributed by atoms with E-state index in [9.17, 15) is 8.42 Å². The van der Waals surface area contributed by atoms with E-state index in [2.05, 4.69) is 12.2 Å². The van der Waals surface area contributed by atoms with Crippen molar-refractivity contribution in [1.82, 2.24) is 9.62 Å². The summed E-state index contributed by atoms with van der Waals surface area (Å²) in [6.45, 7) is 6.53. The number of rotatable bonds is 9. The number of hydrogen-bond acceptors (Lipinski definition) is 3. The molecule has 1 aromatic rings. The molecule has 118 valence electrons. The van der Waals surface area contributed by atoms with Crippen LogP contribution in [0.25, 0.3) is 0 Å². The molecule has 0 amide bonds. The van der Waals surface area contributed by atoms with Crippen LogP contribution < -0.4 is 5.32 Å². The molecule has 5 heteroatoms. The van der Waals surface area contributed by atoms with Gasteiger partial charge in [0, 0.05) is 19.1 Å². The third-order valence-corrected chi connectivity index (χ3v) is 5.65. The van der Waals surface area contributed by atoms with Gasteiger partial charge in [0.25, 0.3) is 0 Å². The Kier molecular flexibility index (Phi) is 5.79. The molecular formula is C16H26N2O2S. The van der Waals surface area contributed by atoms with E-state index in [-0.39, 0.29) is 6.04 Å². The largest absolute Gasteiger partial charge is 0.313 e. The van der Waals surface area contributed by atoms with Gasteiger partial charge in [-0.2, -0.15) is 4.31 Å². The van der Waals surface area contributed by atoms with Crippen LogP contribution in [-0.4, -0.2) is 31.9 Å². The van der Waals surface area contributed by atoms with Crippen molar-refractivity contribution in [2.75, 3.05) is 13.1 Å². The van der Waals surface area contributed by atoms with Gasteiger partial charge in [-0.15, -0.1) is 0 Å². The quantitative estimate of drug-likeness (QED) is 0.714. The van der Waals surface area contributed by atoms with Crippen LogP contribution >= 0.6 is 0 Å². The van der Waals surface area contributed by atoms with Gasteiger partial charge in [-0.1, -0.05) is 26.0 Å². The normalized spacial score (nSPS) is 15.6. The molecule has 1 aliphatic carbocycles. The zero-order valence-electron chi connectivity index (χ0n) is 13.0. The Bertz CT molecular complexity index is 536. The lowest BCUT2D eigenvalue weighted by Crippen LogP contribution is -2.33. The van der Waals surface area contributed by atoms with Gasteiger partial charge < -0.3 is 5.32 Å². The second-order valence-electron chi connectivity index (χ2n) is 5.67. The predicted molar refractivity (Wildman–Crippen MR) is 85.6 cm³/mol. The summed E-state index contributed by atoms with van der Waals surface area (Å²) in [5.74, 6) is 0. The Morgan fingerprint density at radius 2 is 1.81 bits per heavy atom. The molecule has 0 unspecified atom stereocenters. The van der Waals surface area contributed by atoms with Gasteiger partial charge in [0.05, 0.1) is 4.90 Å². The van der Waals surface area contributed by atoms with Crippen LogP contribution in [0.15, 0.2) is 29.2 Å². The number of benzene rings is 1. The molecule has 0 spiro atoms. The lowest BCUT2D eigenvalue weighted by Gasteiger charge is -2.21. The number of sulfonamides is 1. The van der Waals surface area contributed by atoms with E-state index in [0.29, 0.717) is 11.4 Å². The van der Waals surface area contributed by atoms with Gasteiger partial charge in [0.1, 0.15) is 0 Å². The van der Waals surface area contributed by atoms with E-state index >= 15 is 0 Å². The minimum atomic E-state index is -3.33. The van der Waals surface area contributed by atoms with Gasteiger partial charge in [-0.3, -0.25) is 0 Å². The average Bonchev–Trinajstić information content (AvgIpc) is 3.30. The molecule has 2 rings (SSSR count). The van der Waals surface area contributed by atoms with Crippen LogP contribution in [0, 0.1) is 0 Å². The zero-order chi connectivity index (χ0) is 15.3. The van der Waals surface area contributed by atoms with Crippen LogP contribution in [0.5, 0.6) is 0 Å². The summed E-state index contributed by atoms with van der Waals surface area (Å²) in [5.41, 5.74) is 1.12. The molecule has 0 aliphatic heterocycles. The SMILES string of the molecule is CCCNCc1ccc(S(=O)(=O)N(CCC)C2CC2)cc1. The third kappa shape index (κ3) is 4.28. The number of nitrogens with zero attached hydrogens (tertiary/aromatic N) is 1. The molecular weight excluding hydrogens is 284 g/mol. The summed E-state index contributed by atoms with van der Waals surface area (Å²) in [5, 5.41) is 3.32. The molecule has 0 atom stereocenters. The molecule has 21 heavy (non-hydrogen) atoms. The van der Waals surface area contributed by atoms with E-state index in [0.717, 1.165) is 44.3 Å². The minimum Gasteiger partial charge on any atom is -0.313 e. The Morgan fingerprint density at radius 3 is 2.33 bits per heavy atom. The van der Waals surface area contributed by atoms with Crippen LogP contribution in [0.3, 0.4) is 0 Å². The summed E-state index contributed by atoms with van der Waals surface area (Å²) >= 11 is 0. The molecule has 0 heterocycles. The smallest absolute Gasteiger partial charge is 0.243 e. The standard InChI is InChI=1S/C16H26N2O2S/c1-3-11-17-13-14-5-9-16(10-6-14)21(19,20)18(12-4-2)15-7-8-15/h5-6,9-10,15,17H,3-4,7-8,11-13H2,1-2H3. The van der Waals surface area contributed by atoms with Gasteiger partial charge in [0.2, 0.25) is 10.0 Å². The van der Waals surface area contributed by atoms with Crippen molar-refractivity contribution in [3.05, 3.63) is 29.8 Å². The molecule has 0 bridgehead atoms. The van der Waals surface area contributed by atoms with Crippen LogP contribution in [0.2, 0.25) is 0 Å². The fraction of sp³-hybridized carbons (Fsp3) is 0.625. The second-order valence-corrected chi connectivity index (χ2v) is 7.56. The fourth-order valence-electron chi connectivity index (χ4n) is 2.41. The van der Waals surface area contributed by atoms with Crippen molar-refractivity contribution in [1.29, 1.82) is 0 Å². The Hall–Kier alpha value is -0.910. The van der Waals surface area contributed by atoms with Crippen LogP contribution in [-0.2, 0) is 16.6 Å². The van der Waals surface area contributed by atoms with Crippen molar-refractivity contribution >= 4 is 10.0 Å². The molecule has 0 radical (unpaired) electrons. The molecule has 1 fully saturated rings. The number of hydrogen-bond donors (Lipinski definition) is 1. The highest BCUT2D eigenvalue weighted by atomic mass is 32.2. The maximum absolute atomic E-state index is 12.7. The fourth-order valence-corrected chi connectivity index (χ4v) is 4.18. The highest BCUT2D eigenvalue weighted by molar-refractivity contribution is 7.89. The third-order valence-electron chi connectivity index (χ3n) is 3.68. The van der Waals surface area contributed by atoms with E-state index in [1.54, 1.807) is 16.4 Å². The van der Waals surface area contributed by atoms with Gasteiger partial charge in [0.15, 0.2) is 0 Å². The van der Waals surface area contributed by atoms with Crippen LogP contribution in [0.4, 0.5) is 0 Å². The highest BCUT2D eigenvalue weighted by Crippen LogP contribution is 2.32. The Balaban J connectivity index is 2.08.